The Hall–Kier alpha value is -2.94. The SMILES string of the molecule is COc1ccc2nc(S(=O)Cc3ncc(C(=O)O)c(OC)c3C)[nH]c2c1. The molecule has 3 rings (SSSR count). The molecular weight excluding hydrogens is 358 g/mol. The number of nitrogens with zero attached hydrogens (tertiary/aromatic N) is 2. The Morgan fingerprint density at radius 3 is 2.73 bits per heavy atom. The number of nitrogens with one attached hydrogen (secondary N) is 1. The van der Waals surface area contributed by atoms with Crippen molar-refractivity contribution in [1.29, 1.82) is 0 Å². The van der Waals surface area contributed by atoms with Crippen molar-refractivity contribution in [3.63, 3.8) is 0 Å². The highest BCUT2D eigenvalue weighted by molar-refractivity contribution is 7.84. The second-order valence-corrected chi connectivity index (χ2v) is 6.86. The number of fused-ring (bicyclic) bond motifs is 1. The van der Waals surface area contributed by atoms with Crippen molar-refractivity contribution in [3.05, 3.63) is 41.2 Å². The fourth-order valence-electron chi connectivity index (χ4n) is 2.58. The smallest absolute Gasteiger partial charge is 0.341 e. The van der Waals surface area contributed by atoms with Crippen LogP contribution in [0.2, 0.25) is 0 Å². The summed E-state index contributed by atoms with van der Waals surface area (Å²) in [5, 5.41) is 9.51. The zero-order valence-corrected chi connectivity index (χ0v) is 15.2. The van der Waals surface area contributed by atoms with Crippen LogP contribution in [-0.4, -0.2) is 44.5 Å². The van der Waals surface area contributed by atoms with Gasteiger partial charge < -0.3 is 19.6 Å². The lowest BCUT2D eigenvalue weighted by Crippen LogP contribution is -2.08. The maximum atomic E-state index is 12.7. The molecule has 0 fully saturated rings. The summed E-state index contributed by atoms with van der Waals surface area (Å²) in [4.78, 5) is 22.7. The van der Waals surface area contributed by atoms with Crippen LogP contribution < -0.4 is 9.47 Å². The van der Waals surface area contributed by atoms with Crippen molar-refractivity contribution in [2.75, 3.05) is 14.2 Å². The second-order valence-electron chi connectivity index (χ2n) is 5.50. The van der Waals surface area contributed by atoms with Crippen LogP contribution in [0.1, 0.15) is 21.6 Å². The minimum atomic E-state index is -1.49. The van der Waals surface area contributed by atoms with Crippen LogP contribution in [0.5, 0.6) is 11.5 Å². The Morgan fingerprint density at radius 1 is 1.31 bits per heavy atom. The number of carboxylic acids is 1. The zero-order valence-electron chi connectivity index (χ0n) is 14.4. The Labute approximate surface area is 151 Å². The molecule has 1 unspecified atom stereocenters. The number of hydrogen-bond donors (Lipinski definition) is 2. The van der Waals surface area contributed by atoms with E-state index in [9.17, 15) is 14.1 Å². The van der Waals surface area contributed by atoms with Crippen LogP contribution >= 0.6 is 0 Å². The van der Waals surface area contributed by atoms with Gasteiger partial charge in [0.2, 0.25) is 0 Å². The summed E-state index contributed by atoms with van der Waals surface area (Å²) in [6.07, 6.45) is 1.21. The molecule has 0 aliphatic heterocycles. The van der Waals surface area contributed by atoms with Crippen molar-refractivity contribution < 1.29 is 23.6 Å². The summed E-state index contributed by atoms with van der Waals surface area (Å²) in [7, 11) is 1.47. The Kier molecular flexibility index (Phi) is 4.90. The lowest BCUT2D eigenvalue weighted by molar-refractivity contribution is 0.0692. The van der Waals surface area contributed by atoms with Gasteiger partial charge in [0.05, 0.1) is 47.5 Å². The van der Waals surface area contributed by atoms with Gasteiger partial charge >= 0.3 is 5.97 Å². The molecule has 2 N–H and O–H groups in total. The van der Waals surface area contributed by atoms with Gasteiger partial charge in [-0.1, -0.05) is 0 Å². The number of ether oxygens (including phenoxy) is 2. The highest BCUT2D eigenvalue weighted by Crippen LogP contribution is 2.27. The van der Waals surface area contributed by atoms with Crippen LogP contribution in [0, 0.1) is 6.92 Å². The Balaban J connectivity index is 1.91. The number of pyridine rings is 1. The van der Waals surface area contributed by atoms with Crippen LogP contribution in [-0.2, 0) is 16.6 Å². The first-order chi connectivity index (χ1) is 12.4. The van der Waals surface area contributed by atoms with Gasteiger partial charge in [-0.2, -0.15) is 0 Å². The van der Waals surface area contributed by atoms with E-state index in [2.05, 4.69) is 15.0 Å². The molecule has 0 saturated heterocycles. The number of carboxylic acid groups (broad SMARTS) is 1. The number of carbonyl (C=O) groups is 1. The standard InChI is InChI=1S/C17H17N3O5S/c1-9-14(18-7-11(16(21)22)15(9)25-3)8-26(23)17-19-12-5-4-10(24-2)6-13(12)20-17/h4-7H,8H2,1-3H3,(H,19,20)(H,21,22). The van der Waals surface area contributed by atoms with Gasteiger partial charge in [0.1, 0.15) is 17.1 Å². The maximum absolute atomic E-state index is 12.7. The van der Waals surface area contributed by atoms with E-state index in [-0.39, 0.29) is 17.1 Å². The van der Waals surface area contributed by atoms with Crippen molar-refractivity contribution in [3.8, 4) is 11.5 Å². The summed E-state index contributed by atoms with van der Waals surface area (Å²) in [5.74, 6) is -0.158. The quantitative estimate of drug-likeness (QED) is 0.679. The topological polar surface area (TPSA) is 114 Å². The summed E-state index contributed by atoms with van der Waals surface area (Å²) in [6, 6.07) is 5.33. The molecule has 0 radical (unpaired) electrons. The van der Waals surface area contributed by atoms with Gasteiger partial charge in [0.15, 0.2) is 5.16 Å². The molecule has 0 saturated carbocycles. The molecule has 2 heterocycles. The fourth-order valence-corrected chi connectivity index (χ4v) is 3.68. The first-order valence-electron chi connectivity index (χ1n) is 7.62. The van der Waals surface area contributed by atoms with Crippen molar-refractivity contribution in [2.45, 2.75) is 17.8 Å². The lowest BCUT2D eigenvalue weighted by atomic mass is 10.1. The number of methoxy groups -OCH3 is 2. The van der Waals surface area contributed by atoms with E-state index in [1.165, 1.54) is 13.3 Å². The third-order valence-corrected chi connectivity index (χ3v) is 5.11. The minimum absolute atomic E-state index is 0.0321. The number of aromatic amines is 1. The molecule has 0 bridgehead atoms. The summed E-state index contributed by atoms with van der Waals surface area (Å²) in [5.41, 5.74) is 2.39. The van der Waals surface area contributed by atoms with E-state index in [1.807, 2.05) is 0 Å². The van der Waals surface area contributed by atoms with Crippen LogP contribution in [0.3, 0.4) is 0 Å². The summed E-state index contributed by atoms with van der Waals surface area (Å²) in [6.45, 7) is 1.69. The third-order valence-electron chi connectivity index (χ3n) is 3.95. The van der Waals surface area contributed by atoms with E-state index in [1.54, 1.807) is 32.2 Å². The number of benzene rings is 1. The monoisotopic (exact) mass is 375 g/mol. The molecule has 1 atom stereocenters. The maximum Gasteiger partial charge on any atom is 0.341 e. The highest BCUT2D eigenvalue weighted by Gasteiger charge is 2.20. The minimum Gasteiger partial charge on any atom is -0.497 e. The fraction of sp³-hybridized carbons (Fsp3) is 0.235. The molecule has 0 aliphatic carbocycles. The van der Waals surface area contributed by atoms with Crippen molar-refractivity contribution in [1.82, 2.24) is 15.0 Å². The predicted molar refractivity (Wildman–Crippen MR) is 95.2 cm³/mol. The zero-order chi connectivity index (χ0) is 18.8. The lowest BCUT2D eigenvalue weighted by Gasteiger charge is -2.11. The molecule has 136 valence electrons. The van der Waals surface area contributed by atoms with E-state index in [0.29, 0.717) is 27.7 Å². The Morgan fingerprint density at radius 2 is 2.08 bits per heavy atom. The number of aromatic nitrogens is 3. The molecule has 9 heteroatoms. The van der Waals surface area contributed by atoms with Gasteiger partial charge in [-0.15, -0.1) is 0 Å². The second kappa shape index (κ2) is 7.12. The van der Waals surface area contributed by atoms with E-state index in [0.717, 1.165) is 5.52 Å². The number of hydrogen-bond acceptors (Lipinski definition) is 6. The normalized spacial score (nSPS) is 12.1. The molecule has 2 aromatic heterocycles. The number of rotatable bonds is 6. The average Bonchev–Trinajstić information content (AvgIpc) is 3.06. The van der Waals surface area contributed by atoms with E-state index < -0.39 is 16.8 Å². The van der Waals surface area contributed by atoms with E-state index in [4.69, 9.17) is 9.47 Å². The first kappa shape index (κ1) is 17.9. The molecule has 0 spiro atoms. The molecule has 3 aromatic rings. The molecule has 26 heavy (non-hydrogen) atoms. The number of aromatic carboxylic acids is 1. The molecule has 1 aromatic carbocycles. The van der Waals surface area contributed by atoms with Gasteiger partial charge in [0.25, 0.3) is 0 Å². The van der Waals surface area contributed by atoms with Crippen LogP contribution in [0.25, 0.3) is 11.0 Å². The first-order valence-corrected chi connectivity index (χ1v) is 8.94. The summed E-state index contributed by atoms with van der Waals surface area (Å²) < 4.78 is 23.0. The highest BCUT2D eigenvalue weighted by atomic mass is 32.2. The van der Waals surface area contributed by atoms with E-state index >= 15 is 0 Å². The number of H-pyrrole nitrogens is 1. The van der Waals surface area contributed by atoms with Crippen molar-refractivity contribution >= 4 is 27.8 Å². The van der Waals surface area contributed by atoms with Crippen LogP contribution in [0.4, 0.5) is 0 Å². The average molecular weight is 375 g/mol. The number of imidazole rings is 1. The molecule has 0 aliphatic rings. The van der Waals surface area contributed by atoms with Gasteiger partial charge in [-0.05, 0) is 19.1 Å². The summed E-state index contributed by atoms with van der Waals surface area (Å²) >= 11 is 0. The largest absolute Gasteiger partial charge is 0.497 e. The third kappa shape index (κ3) is 3.25. The van der Waals surface area contributed by atoms with Crippen molar-refractivity contribution in [2.24, 2.45) is 0 Å². The predicted octanol–water partition coefficient (Wildman–Crippen LogP) is 2.29. The van der Waals surface area contributed by atoms with Crippen LogP contribution in [0.15, 0.2) is 29.6 Å². The molecular formula is C17H17N3O5S. The van der Waals surface area contributed by atoms with Gasteiger partial charge in [-0.25, -0.2) is 9.78 Å². The van der Waals surface area contributed by atoms with Gasteiger partial charge in [-0.3, -0.25) is 9.19 Å². The molecule has 8 nitrogen and oxygen atoms in total. The van der Waals surface area contributed by atoms with Gasteiger partial charge in [0, 0.05) is 17.8 Å². The Bertz CT molecular complexity index is 1020. The molecule has 0 amide bonds.